The van der Waals surface area contributed by atoms with Gasteiger partial charge in [0.25, 0.3) is 0 Å². The lowest BCUT2D eigenvalue weighted by Crippen LogP contribution is -2.15. The molecule has 0 N–H and O–H groups in total. The van der Waals surface area contributed by atoms with Crippen molar-refractivity contribution in [2.24, 2.45) is 0 Å². The van der Waals surface area contributed by atoms with Crippen molar-refractivity contribution in [3.8, 4) is 0 Å². The van der Waals surface area contributed by atoms with E-state index in [-0.39, 0.29) is 0 Å². The van der Waals surface area contributed by atoms with E-state index in [1.165, 1.54) is 5.56 Å². The van der Waals surface area contributed by atoms with Crippen LogP contribution in [0.5, 0.6) is 0 Å². The third-order valence-corrected chi connectivity index (χ3v) is 2.10. The van der Waals surface area contributed by atoms with Gasteiger partial charge in [0.15, 0.2) is 0 Å². The molecule has 0 aliphatic heterocycles. The maximum atomic E-state index is 10.6. The van der Waals surface area contributed by atoms with Gasteiger partial charge in [0.1, 0.15) is 0 Å². The van der Waals surface area contributed by atoms with E-state index in [0.29, 0.717) is 5.92 Å². The Labute approximate surface area is 79.2 Å². The second-order valence-electron chi connectivity index (χ2n) is 3.43. The van der Waals surface area contributed by atoms with Crippen molar-refractivity contribution in [1.82, 2.24) is 0 Å². The Morgan fingerprint density at radius 1 is 1.31 bits per heavy atom. The fourth-order valence-electron chi connectivity index (χ4n) is 1.35. The molecule has 0 saturated heterocycles. The van der Waals surface area contributed by atoms with Crippen LogP contribution >= 0.6 is 0 Å². The van der Waals surface area contributed by atoms with Crippen molar-refractivity contribution in [1.29, 1.82) is 0 Å². The summed E-state index contributed by atoms with van der Waals surface area (Å²) in [6, 6.07) is 7.96. The number of benzene rings is 1. The molecule has 0 heterocycles. The third-order valence-electron chi connectivity index (χ3n) is 2.10. The lowest BCUT2D eigenvalue weighted by molar-refractivity contribution is -0.107. The monoisotopic (exact) mass is 177 g/mol. The number of anilines is 1. The zero-order valence-corrected chi connectivity index (χ0v) is 8.32. The minimum atomic E-state index is 0.443. The molecule has 0 spiro atoms. The average Bonchev–Trinajstić information content (AvgIpc) is 2.16. The van der Waals surface area contributed by atoms with Crippen molar-refractivity contribution >= 4 is 12.1 Å². The predicted molar refractivity (Wildman–Crippen MR) is 55.0 cm³/mol. The topological polar surface area (TPSA) is 20.3 Å². The van der Waals surface area contributed by atoms with Crippen molar-refractivity contribution in [3.63, 3.8) is 0 Å². The normalized spacial score (nSPS) is 10.2. The molecule has 13 heavy (non-hydrogen) atoms. The third kappa shape index (κ3) is 2.08. The number of carbonyl (C=O) groups is 1. The number of carbonyl (C=O) groups excluding carboxylic acids is 1. The van der Waals surface area contributed by atoms with Crippen LogP contribution < -0.4 is 4.90 Å². The summed E-state index contributed by atoms with van der Waals surface area (Å²) in [6.07, 6.45) is 0.835. The first-order valence-electron chi connectivity index (χ1n) is 4.44. The molecule has 0 bridgehead atoms. The number of hydrogen-bond acceptors (Lipinski definition) is 1. The van der Waals surface area contributed by atoms with Gasteiger partial charge in [0.2, 0.25) is 6.41 Å². The molecule has 0 unspecified atom stereocenters. The minimum Gasteiger partial charge on any atom is -0.318 e. The highest BCUT2D eigenvalue weighted by atomic mass is 16.1. The molecule has 2 heteroatoms. The van der Waals surface area contributed by atoms with E-state index in [1.54, 1.807) is 11.9 Å². The highest BCUT2D eigenvalue weighted by Gasteiger charge is 2.07. The van der Waals surface area contributed by atoms with Gasteiger partial charge >= 0.3 is 0 Å². The molecule has 0 atom stereocenters. The number of rotatable bonds is 3. The predicted octanol–water partition coefficient (Wildman–Crippen LogP) is 2.40. The lowest BCUT2D eigenvalue weighted by atomic mass is 10.0. The zero-order valence-electron chi connectivity index (χ0n) is 8.32. The number of nitrogens with zero attached hydrogens (tertiary/aromatic N) is 1. The fourth-order valence-corrected chi connectivity index (χ4v) is 1.35. The number of hydrogen-bond donors (Lipinski definition) is 0. The first kappa shape index (κ1) is 9.78. The van der Waals surface area contributed by atoms with Crippen molar-refractivity contribution in [2.45, 2.75) is 19.8 Å². The molecule has 1 amide bonds. The Morgan fingerprint density at radius 2 is 1.92 bits per heavy atom. The molecule has 0 saturated carbocycles. The summed E-state index contributed by atoms with van der Waals surface area (Å²) >= 11 is 0. The Bertz CT molecular complexity index is 294. The first-order valence-corrected chi connectivity index (χ1v) is 4.44. The Balaban J connectivity index is 3.11. The van der Waals surface area contributed by atoms with Crippen molar-refractivity contribution < 1.29 is 4.79 Å². The minimum absolute atomic E-state index is 0.443. The lowest BCUT2D eigenvalue weighted by Gasteiger charge is -2.17. The smallest absolute Gasteiger partial charge is 0.213 e. The number of para-hydroxylation sites is 1. The highest BCUT2D eigenvalue weighted by molar-refractivity contribution is 5.76. The average molecular weight is 177 g/mol. The van der Waals surface area contributed by atoms with E-state index in [2.05, 4.69) is 19.9 Å². The summed E-state index contributed by atoms with van der Waals surface area (Å²) in [7, 11) is 1.77. The van der Waals surface area contributed by atoms with Crippen LogP contribution in [0.2, 0.25) is 0 Å². The van der Waals surface area contributed by atoms with Crippen LogP contribution in [-0.2, 0) is 4.79 Å². The first-order chi connectivity index (χ1) is 6.16. The van der Waals surface area contributed by atoms with Crippen molar-refractivity contribution in [3.05, 3.63) is 29.8 Å². The standard InChI is InChI=1S/C11H15NO/c1-9(2)10-6-4-5-7-11(10)12(3)8-13/h4-9H,1-3H3. The quantitative estimate of drug-likeness (QED) is 0.649. The van der Waals surface area contributed by atoms with Gasteiger partial charge in [-0.05, 0) is 17.5 Å². The molecule has 0 radical (unpaired) electrons. The van der Waals surface area contributed by atoms with Crippen LogP contribution in [0.3, 0.4) is 0 Å². The van der Waals surface area contributed by atoms with Crippen LogP contribution in [0.1, 0.15) is 25.3 Å². The molecule has 1 aromatic rings. The van der Waals surface area contributed by atoms with Gasteiger partial charge in [-0.2, -0.15) is 0 Å². The summed E-state index contributed by atoms with van der Waals surface area (Å²) in [5, 5.41) is 0. The van der Waals surface area contributed by atoms with Gasteiger partial charge in [-0.1, -0.05) is 32.0 Å². The van der Waals surface area contributed by atoms with Crippen LogP contribution in [0.15, 0.2) is 24.3 Å². The molecule has 1 aromatic carbocycles. The van der Waals surface area contributed by atoms with Crippen LogP contribution in [0.4, 0.5) is 5.69 Å². The number of amides is 1. The summed E-state index contributed by atoms with van der Waals surface area (Å²) in [5.41, 5.74) is 2.20. The molecule has 70 valence electrons. The fraction of sp³-hybridized carbons (Fsp3) is 0.364. The van der Waals surface area contributed by atoms with E-state index in [4.69, 9.17) is 0 Å². The van der Waals surface area contributed by atoms with Gasteiger partial charge in [-0.3, -0.25) is 4.79 Å². The second kappa shape index (κ2) is 4.08. The maximum Gasteiger partial charge on any atom is 0.213 e. The summed E-state index contributed by atoms with van der Waals surface area (Å²) in [5.74, 6) is 0.443. The van der Waals surface area contributed by atoms with E-state index >= 15 is 0 Å². The molecule has 0 aliphatic rings. The Kier molecular flexibility index (Phi) is 3.07. The zero-order chi connectivity index (χ0) is 9.84. The Hall–Kier alpha value is -1.31. The SMILES string of the molecule is CC(C)c1ccccc1N(C)C=O. The molecule has 0 aromatic heterocycles. The summed E-state index contributed by atoms with van der Waals surface area (Å²) < 4.78 is 0. The van der Waals surface area contributed by atoms with Crippen LogP contribution in [-0.4, -0.2) is 13.5 Å². The van der Waals surface area contributed by atoms with Crippen molar-refractivity contribution in [2.75, 3.05) is 11.9 Å². The molecule has 0 aliphatic carbocycles. The van der Waals surface area contributed by atoms with E-state index < -0.39 is 0 Å². The molecular formula is C11H15NO. The van der Waals surface area contributed by atoms with E-state index in [0.717, 1.165) is 12.1 Å². The highest BCUT2D eigenvalue weighted by Crippen LogP contribution is 2.25. The van der Waals surface area contributed by atoms with Gasteiger partial charge in [0.05, 0.1) is 0 Å². The van der Waals surface area contributed by atoms with Crippen LogP contribution in [0, 0.1) is 0 Å². The maximum absolute atomic E-state index is 10.6. The van der Waals surface area contributed by atoms with E-state index in [9.17, 15) is 4.79 Å². The van der Waals surface area contributed by atoms with Gasteiger partial charge in [-0.25, -0.2) is 0 Å². The Morgan fingerprint density at radius 3 is 2.46 bits per heavy atom. The van der Waals surface area contributed by atoms with Gasteiger partial charge < -0.3 is 4.90 Å². The van der Waals surface area contributed by atoms with Gasteiger partial charge in [-0.15, -0.1) is 0 Å². The second-order valence-corrected chi connectivity index (χ2v) is 3.43. The molecule has 0 fully saturated rings. The van der Waals surface area contributed by atoms with E-state index in [1.807, 2.05) is 18.2 Å². The molecular weight excluding hydrogens is 162 g/mol. The largest absolute Gasteiger partial charge is 0.318 e. The molecule has 1 rings (SSSR count). The summed E-state index contributed by atoms with van der Waals surface area (Å²) in [4.78, 5) is 12.2. The van der Waals surface area contributed by atoms with Crippen LogP contribution in [0.25, 0.3) is 0 Å². The van der Waals surface area contributed by atoms with Gasteiger partial charge in [0, 0.05) is 12.7 Å². The molecule has 2 nitrogen and oxygen atoms in total. The summed E-state index contributed by atoms with van der Waals surface area (Å²) in [6.45, 7) is 4.24.